The molecule has 0 spiro atoms. The monoisotopic (exact) mass is 345 g/mol. The van der Waals surface area contributed by atoms with Crippen LogP contribution in [0.1, 0.15) is 33.2 Å². The summed E-state index contributed by atoms with van der Waals surface area (Å²) in [6.45, 7) is 1.17. The van der Waals surface area contributed by atoms with Crippen LogP contribution in [0.25, 0.3) is 0 Å². The zero-order chi connectivity index (χ0) is 18.6. The van der Waals surface area contributed by atoms with Gasteiger partial charge in [0.05, 0.1) is 28.7 Å². The molecular formula is C17H15NO7. The molecule has 130 valence electrons. The summed E-state index contributed by atoms with van der Waals surface area (Å²) in [5.74, 6) is -0.965. The summed E-state index contributed by atoms with van der Waals surface area (Å²) >= 11 is 0. The van der Waals surface area contributed by atoms with Gasteiger partial charge in [0.25, 0.3) is 5.69 Å². The van der Waals surface area contributed by atoms with E-state index in [9.17, 15) is 24.8 Å². The predicted octanol–water partition coefficient (Wildman–Crippen LogP) is 2.87. The molecule has 0 heterocycles. The first-order valence-electron chi connectivity index (χ1n) is 7.16. The second-order valence-electron chi connectivity index (χ2n) is 5.12. The normalized spacial score (nSPS) is 10.2. The first kappa shape index (κ1) is 17.9. The molecule has 2 aromatic rings. The Bertz CT molecular complexity index is 845. The van der Waals surface area contributed by atoms with Crippen molar-refractivity contribution in [2.75, 3.05) is 7.11 Å². The molecule has 0 aliphatic rings. The van der Waals surface area contributed by atoms with Gasteiger partial charge in [0.1, 0.15) is 18.1 Å². The number of nitro groups is 1. The van der Waals surface area contributed by atoms with E-state index in [1.54, 1.807) is 0 Å². The summed E-state index contributed by atoms with van der Waals surface area (Å²) in [7, 11) is 1.18. The van der Waals surface area contributed by atoms with Crippen LogP contribution >= 0.6 is 0 Å². The third kappa shape index (κ3) is 4.11. The number of aromatic hydroxyl groups is 1. The van der Waals surface area contributed by atoms with E-state index in [1.807, 2.05) is 0 Å². The van der Waals surface area contributed by atoms with Crippen molar-refractivity contribution in [2.24, 2.45) is 0 Å². The largest absolute Gasteiger partial charge is 0.507 e. The van der Waals surface area contributed by atoms with Crippen molar-refractivity contribution >= 4 is 17.4 Å². The van der Waals surface area contributed by atoms with Crippen molar-refractivity contribution in [1.82, 2.24) is 0 Å². The molecule has 0 aliphatic heterocycles. The Morgan fingerprint density at radius 3 is 2.48 bits per heavy atom. The van der Waals surface area contributed by atoms with Crippen LogP contribution in [0.15, 0.2) is 36.4 Å². The van der Waals surface area contributed by atoms with Gasteiger partial charge in [-0.2, -0.15) is 0 Å². The van der Waals surface area contributed by atoms with E-state index < -0.39 is 10.9 Å². The topological polar surface area (TPSA) is 116 Å². The number of methoxy groups -OCH3 is 1. The van der Waals surface area contributed by atoms with Crippen molar-refractivity contribution in [2.45, 2.75) is 13.5 Å². The number of ketones is 1. The Balaban J connectivity index is 2.23. The highest BCUT2D eigenvalue weighted by molar-refractivity contribution is 5.96. The zero-order valence-electron chi connectivity index (χ0n) is 13.5. The highest BCUT2D eigenvalue weighted by Gasteiger charge is 2.18. The molecule has 0 unspecified atom stereocenters. The molecule has 0 radical (unpaired) electrons. The van der Waals surface area contributed by atoms with Crippen LogP contribution in [-0.2, 0) is 11.3 Å². The molecule has 0 amide bonds. The molecule has 8 heteroatoms. The van der Waals surface area contributed by atoms with Gasteiger partial charge in [0.15, 0.2) is 5.78 Å². The number of hydrogen-bond donors (Lipinski definition) is 1. The number of phenolic OH excluding ortho intramolecular Hbond substituents is 1. The number of Topliss-reactive ketones (excluding diaryl/α,β-unsaturated/α-hetero) is 1. The van der Waals surface area contributed by atoms with Crippen molar-refractivity contribution in [1.29, 1.82) is 0 Å². The number of ether oxygens (including phenoxy) is 2. The van der Waals surface area contributed by atoms with Crippen LogP contribution in [0.5, 0.6) is 11.5 Å². The Labute approximate surface area is 142 Å². The molecule has 25 heavy (non-hydrogen) atoms. The maximum Gasteiger partial charge on any atom is 0.338 e. The van der Waals surface area contributed by atoms with Gasteiger partial charge >= 0.3 is 5.97 Å². The van der Waals surface area contributed by atoms with E-state index in [1.165, 1.54) is 44.4 Å². The number of nitro benzene ring substituents is 1. The van der Waals surface area contributed by atoms with Crippen molar-refractivity contribution < 1.29 is 29.1 Å². The molecule has 0 fully saturated rings. The lowest BCUT2D eigenvalue weighted by molar-refractivity contribution is -0.385. The maximum absolute atomic E-state index is 11.5. The number of phenols is 1. The average molecular weight is 345 g/mol. The first-order chi connectivity index (χ1) is 11.8. The Morgan fingerprint density at radius 2 is 1.92 bits per heavy atom. The van der Waals surface area contributed by atoms with E-state index in [4.69, 9.17) is 4.74 Å². The van der Waals surface area contributed by atoms with E-state index in [0.717, 1.165) is 6.07 Å². The van der Waals surface area contributed by atoms with E-state index >= 15 is 0 Å². The highest BCUT2D eigenvalue weighted by atomic mass is 16.6. The van der Waals surface area contributed by atoms with Gasteiger partial charge in [-0.3, -0.25) is 14.9 Å². The predicted molar refractivity (Wildman–Crippen MR) is 86.9 cm³/mol. The lowest BCUT2D eigenvalue weighted by atomic mass is 10.1. The Morgan fingerprint density at radius 1 is 1.20 bits per heavy atom. The average Bonchev–Trinajstić information content (AvgIpc) is 2.58. The summed E-state index contributed by atoms with van der Waals surface area (Å²) in [4.78, 5) is 33.3. The van der Waals surface area contributed by atoms with Crippen LogP contribution in [-0.4, -0.2) is 28.9 Å². The number of hydrogen-bond acceptors (Lipinski definition) is 7. The number of nitrogens with zero attached hydrogens (tertiary/aromatic N) is 1. The van der Waals surface area contributed by atoms with E-state index in [-0.39, 0.29) is 46.3 Å². The minimum atomic E-state index is -0.680. The third-order valence-electron chi connectivity index (χ3n) is 3.45. The molecule has 8 nitrogen and oxygen atoms in total. The third-order valence-corrected chi connectivity index (χ3v) is 3.45. The van der Waals surface area contributed by atoms with E-state index in [0.29, 0.717) is 0 Å². The standard InChI is InChI=1S/C17H15NO7/c1-10(19)14-6-5-13(8-16(14)20)25-9-12-4-3-11(17(21)24-2)7-15(12)18(22)23/h3-8,20H,9H2,1-2H3. The minimum Gasteiger partial charge on any atom is -0.507 e. The molecule has 0 aliphatic carbocycles. The van der Waals surface area contributed by atoms with Gasteiger partial charge < -0.3 is 14.6 Å². The van der Waals surface area contributed by atoms with Crippen molar-refractivity contribution in [3.05, 3.63) is 63.2 Å². The van der Waals surface area contributed by atoms with Crippen LogP contribution in [0.2, 0.25) is 0 Å². The van der Waals surface area contributed by atoms with Crippen molar-refractivity contribution in [3.63, 3.8) is 0 Å². The fraction of sp³-hybridized carbons (Fsp3) is 0.176. The molecular weight excluding hydrogens is 330 g/mol. The summed E-state index contributed by atoms with van der Waals surface area (Å²) in [5.41, 5.74) is 0.169. The van der Waals surface area contributed by atoms with E-state index in [2.05, 4.69) is 4.74 Å². The molecule has 0 saturated heterocycles. The maximum atomic E-state index is 11.5. The van der Waals surface area contributed by atoms with Crippen LogP contribution in [0.4, 0.5) is 5.69 Å². The number of benzene rings is 2. The molecule has 0 atom stereocenters. The highest BCUT2D eigenvalue weighted by Crippen LogP contribution is 2.26. The molecule has 0 bridgehead atoms. The first-order valence-corrected chi connectivity index (χ1v) is 7.16. The molecule has 1 N–H and O–H groups in total. The summed E-state index contributed by atoms with van der Waals surface area (Å²) < 4.78 is 9.97. The van der Waals surface area contributed by atoms with Gasteiger partial charge in [-0.1, -0.05) is 0 Å². The lowest BCUT2D eigenvalue weighted by Gasteiger charge is -2.09. The number of carbonyl (C=O) groups is 2. The Hall–Kier alpha value is -3.42. The fourth-order valence-corrected chi connectivity index (χ4v) is 2.16. The van der Waals surface area contributed by atoms with Gasteiger partial charge in [-0.05, 0) is 31.2 Å². The van der Waals surface area contributed by atoms with Gasteiger partial charge in [0, 0.05) is 12.1 Å². The lowest BCUT2D eigenvalue weighted by Crippen LogP contribution is -2.06. The Kier molecular flexibility index (Phi) is 5.33. The summed E-state index contributed by atoms with van der Waals surface area (Å²) in [5, 5.41) is 21.0. The SMILES string of the molecule is COC(=O)c1ccc(COc2ccc(C(C)=O)c(O)c2)c([N+](=O)[O-])c1. The van der Waals surface area contributed by atoms with Gasteiger partial charge in [-0.15, -0.1) is 0 Å². The summed E-state index contributed by atoms with van der Waals surface area (Å²) in [6.07, 6.45) is 0. The quantitative estimate of drug-likeness (QED) is 0.370. The van der Waals surface area contributed by atoms with Gasteiger partial charge in [0.2, 0.25) is 0 Å². The second-order valence-corrected chi connectivity index (χ2v) is 5.12. The minimum absolute atomic E-state index is 0.0569. The number of rotatable bonds is 6. The van der Waals surface area contributed by atoms with Crippen molar-refractivity contribution in [3.8, 4) is 11.5 Å². The van der Waals surface area contributed by atoms with Gasteiger partial charge in [-0.25, -0.2) is 4.79 Å². The van der Waals surface area contributed by atoms with Crippen LogP contribution in [0.3, 0.4) is 0 Å². The molecule has 2 rings (SSSR count). The molecule has 0 aromatic heterocycles. The number of carbonyl (C=O) groups excluding carboxylic acids is 2. The fourth-order valence-electron chi connectivity index (χ4n) is 2.16. The molecule has 0 saturated carbocycles. The summed E-state index contributed by atoms with van der Waals surface area (Å²) in [6, 6.07) is 8.04. The van der Waals surface area contributed by atoms with Crippen LogP contribution < -0.4 is 4.74 Å². The number of esters is 1. The zero-order valence-corrected chi connectivity index (χ0v) is 13.5. The molecule has 2 aromatic carbocycles. The smallest absolute Gasteiger partial charge is 0.338 e. The second kappa shape index (κ2) is 7.43. The van der Waals surface area contributed by atoms with Crippen LogP contribution in [0, 0.1) is 10.1 Å².